The maximum atomic E-state index is 12.5. The molecule has 30 heavy (non-hydrogen) atoms. The minimum absolute atomic E-state index is 0.167. The second kappa shape index (κ2) is 6.98. The second-order valence-corrected chi connectivity index (χ2v) is 7.50. The summed E-state index contributed by atoms with van der Waals surface area (Å²) in [7, 11) is 4.59. The van der Waals surface area contributed by atoms with Gasteiger partial charge in [0.25, 0.3) is 0 Å². The van der Waals surface area contributed by atoms with Crippen LogP contribution in [-0.4, -0.2) is 45.8 Å². The lowest BCUT2D eigenvalue weighted by Gasteiger charge is -2.38. The molecule has 0 aromatic heterocycles. The first kappa shape index (κ1) is 18.9. The number of hydrogen-bond donors (Lipinski definition) is 1. The number of esters is 1. The van der Waals surface area contributed by atoms with Crippen molar-refractivity contribution < 1.29 is 38.3 Å². The van der Waals surface area contributed by atoms with Crippen molar-refractivity contribution >= 4 is 5.97 Å². The Morgan fingerprint density at radius 2 is 1.73 bits per heavy atom. The van der Waals surface area contributed by atoms with Gasteiger partial charge in [0.15, 0.2) is 23.0 Å². The molecule has 158 valence electrons. The molecule has 0 bridgehead atoms. The lowest BCUT2D eigenvalue weighted by atomic mass is 9.66. The molecule has 1 saturated heterocycles. The fourth-order valence-corrected chi connectivity index (χ4v) is 4.91. The molecule has 8 heteroatoms. The van der Waals surface area contributed by atoms with Gasteiger partial charge in [-0.05, 0) is 29.3 Å². The fraction of sp³-hybridized carbons (Fsp3) is 0.409. The standard InChI is InChI=1S/C22H22O8/c1-25-15-7-11-17(21(27-3)20(15)26-2)16(12-8-28-22(24)18(12)19(11)23)10-4-5-13-14(6-10)30-9-29-13/h4-7,12,16,18-19,23H,8-9H2,1-3H3/t12-,16-,18+,19-/m1/s1. The lowest BCUT2D eigenvalue weighted by molar-refractivity contribution is -0.144. The summed E-state index contributed by atoms with van der Waals surface area (Å²) in [4.78, 5) is 12.5. The number of hydrogen-bond acceptors (Lipinski definition) is 8. The van der Waals surface area contributed by atoms with E-state index in [0.29, 0.717) is 34.3 Å². The molecule has 8 nitrogen and oxygen atoms in total. The van der Waals surface area contributed by atoms with Gasteiger partial charge in [0.1, 0.15) is 0 Å². The molecule has 2 aromatic carbocycles. The molecule has 1 N–H and O–H groups in total. The lowest BCUT2D eigenvalue weighted by Crippen LogP contribution is -2.35. The highest BCUT2D eigenvalue weighted by atomic mass is 16.7. The predicted octanol–water partition coefficient (Wildman–Crippen LogP) is 2.41. The molecule has 3 aliphatic rings. The summed E-state index contributed by atoms with van der Waals surface area (Å²) < 4.78 is 33.2. The van der Waals surface area contributed by atoms with Gasteiger partial charge in [-0.3, -0.25) is 4.79 Å². The Balaban J connectivity index is 1.78. The van der Waals surface area contributed by atoms with E-state index in [2.05, 4.69) is 0 Å². The summed E-state index contributed by atoms with van der Waals surface area (Å²) in [6.45, 7) is 0.372. The number of benzene rings is 2. The zero-order valence-corrected chi connectivity index (χ0v) is 16.8. The highest BCUT2D eigenvalue weighted by molar-refractivity contribution is 5.78. The third-order valence-electron chi connectivity index (χ3n) is 6.21. The van der Waals surface area contributed by atoms with Crippen LogP contribution in [0.3, 0.4) is 0 Å². The van der Waals surface area contributed by atoms with Crippen LogP contribution in [0.4, 0.5) is 0 Å². The topological polar surface area (TPSA) is 92.7 Å². The molecular formula is C22H22O8. The molecule has 0 radical (unpaired) electrons. The Kier molecular flexibility index (Phi) is 4.39. The monoisotopic (exact) mass is 414 g/mol. The van der Waals surface area contributed by atoms with E-state index in [1.54, 1.807) is 13.2 Å². The number of aliphatic hydroxyl groups excluding tert-OH is 1. The van der Waals surface area contributed by atoms with Crippen LogP contribution >= 0.6 is 0 Å². The Labute approximate surface area is 173 Å². The fourth-order valence-electron chi connectivity index (χ4n) is 4.91. The number of carbonyl (C=O) groups is 1. The molecule has 0 saturated carbocycles. The molecule has 1 fully saturated rings. The van der Waals surface area contributed by atoms with E-state index in [1.165, 1.54) is 14.2 Å². The summed E-state index contributed by atoms with van der Waals surface area (Å²) in [5, 5.41) is 11.1. The van der Waals surface area contributed by atoms with Gasteiger partial charge < -0.3 is 33.5 Å². The highest BCUT2D eigenvalue weighted by Crippen LogP contribution is 2.58. The normalized spacial score (nSPS) is 25.9. The Hall–Kier alpha value is -3.13. The molecule has 0 unspecified atom stereocenters. The van der Waals surface area contributed by atoms with E-state index < -0.39 is 18.0 Å². The van der Waals surface area contributed by atoms with E-state index in [1.807, 2.05) is 18.2 Å². The molecule has 0 amide bonds. The number of fused-ring (bicyclic) bond motifs is 3. The van der Waals surface area contributed by atoms with E-state index in [4.69, 9.17) is 28.4 Å². The van der Waals surface area contributed by atoms with E-state index in [0.717, 1.165) is 11.1 Å². The SMILES string of the molecule is COc1cc2c(c(OC)c1OC)[C@H](c1ccc3c(c1)OCO3)[C@H]1COC(=O)[C@@H]1[C@@H]2O. The van der Waals surface area contributed by atoms with Crippen molar-refractivity contribution in [1.29, 1.82) is 0 Å². The average Bonchev–Trinajstić information content (AvgIpc) is 3.39. The van der Waals surface area contributed by atoms with Crippen molar-refractivity contribution in [2.24, 2.45) is 11.8 Å². The molecule has 0 spiro atoms. The minimum atomic E-state index is -1.04. The number of aliphatic hydroxyl groups is 1. The van der Waals surface area contributed by atoms with Crippen LogP contribution in [0.5, 0.6) is 28.7 Å². The average molecular weight is 414 g/mol. The third kappa shape index (κ3) is 2.53. The van der Waals surface area contributed by atoms with Gasteiger partial charge in [0.05, 0.1) is 40.0 Å². The minimum Gasteiger partial charge on any atom is -0.493 e. The molecule has 2 aromatic rings. The second-order valence-electron chi connectivity index (χ2n) is 7.50. The van der Waals surface area contributed by atoms with Gasteiger partial charge >= 0.3 is 5.97 Å². The number of ether oxygens (including phenoxy) is 6. The Morgan fingerprint density at radius 3 is 2.47 bits per heavy atom. The predicted molar refractivity (Wildman–Crippen MR) is 103 cm³/mol. The third-order valence-corrected chi connectivity index (χ3v) is 6.21. The van der Waals surface area contributed by atoms with Crippen LogP contribution < -0.4 is 23.7 Å². The smallest absolute Gasteiger partial charge is 0.312 e. The van der Waals surface area contributed by atoms with Gasteiger partial charge in [0, 0.05) is 17.4 Å². The van der Waals surface area contributed by atoms with Crippen molar-refractivity contribution in [1.82, 2.24) is 0 Å². The van der Waals surface area contributed by atoms with E-state index in [9.17, 15) is 9.90 Å². The van der Waals surface area contributed by atoms with E-state index in [-0.39, 0.29) is 25.2 Å². The molecule has 5 rings (SSSR count). The first-order chi connectivity index (χ1) is 14.6. The van der Waals surface area contributed by atoms with Gasteiger partial charge in [-0.25, -0.2) is 0 Å². The first-order valence-electron chi connectivity index (χ1n) is 9.66. The van der Waals surface area contributed by atoms with Gasteiger partial charge in [-0.2, -0.15) is 0 Å². The van der Waals surface area contributed by atoms with Crippen molar-refractivity contribution in [3.05, 3.63) is 41.0 Å². The van der Waals surface area contributed by atoms with Crippen molar-refractivity contribution in [3.63, 3.8) is 0 Å². The summed E-state index contributed by atoms with van der Waals surface area (Å²) in [5.41, 5.74) is 2.22. The van der Waals surface area contributed by atoms with Crippen LogP contribution in [0.2, 0.25) is 0 Å². The zero-order chi connectivity index (χ0) is 21.0. The van der Waals surface area contributed by atoms with Crippen LogP contribution in [0.25, 0.3) is 0 Å². The quantitative estimate of drug-likeness (QED) is 0.763. The van der Waals surface area contributed by atoms with Crippen LogP contribution in [0.1, 0.15) is 28.7 Å². The highest BCUT2D eigenvalue weighted by Gasteiger charge is 2.53. The van der Waals surface area contributed by atoms with Gasteiger partial charge in [0.2, 0.25) is 12.5 Å². The Bertz CT molecular complexity index is 1020. The van der Waals surface area contributed by atoms with Crippen LogP contribution in [-0.2, 0) is 9.53 Å². The zero-order valence-electron chi connectivity index (χ0n) is 16.8. The summed E-state index contributed by atoms with van der Waals surface area (Å²) in [6, 6.07) is 7.41. The Morgan fingerprint density at radius 1 is 0.967 bits per heavy atom. The number of rotatable bonds is 4. The molecular weight excluding hydrogens is 392 g/mol. The van der Waals surface area contributed by atoms with Gasteiger partial charge in [-0.15, -0.1) is 0 Å². The number of carbonyl (C=O) groups excluding carboxylic acids is 1. The van der Waals surface area contributed by atoms with Gasteiger partial charge in [-0.1, -0.05) is 6.07 Å². The number of methoxy groups -OCH3 is 3. The molecule has 2 aliphatic heterocycles. The van der Waals surface area contributed by atoms with Crippen molar-refractivity contribution in [2.75, 3.05) is 34.7 Å². The summed E-state index contributed by atoms with van der Waals surface area (Å²) >= 11 is 0. The maximum absolute atomic E-state index is 12.5. The van der Waals surface area contributed by atoms with Crippen LogP contribution in [0, 0.1) is 11.8 Å². The number of cyclic esters (lactones) is 1. The molecule has 2 heterocycles. The summed E-state index contributed by atoms with van der Waals surface area (Å²) in [6.07, 6.45) is -1.04. The van der Waals surface area contributed by atoms with Crippen molar-refractivity contribution in [3.8, 4) is 28.7 Å². The maximum Gasteiger partial charge on any atom is 0.312 e. The van der Waals surface area contributed by atoms with Crippen LogP contribution in [0.15, 0.2) is 24.3 Å². The summed E-state index contributed by atoms with van der Waals surface area (Å²) in [5.74, 6) is 0.976. The largest absolute Gasteiger partial charge is 0.493 e. The van der Waals surface area contributed by atoms with E-state index >= 15 is 0 Å². The first-order valence-corrected chi connectivity index (χ1v) is 9.66. The molecule has 1 aliphatic carbocycles. The van der Waals surface area contributed by atoms with Crippen molar-refractivity contribution in [2.45, 2.75) is 12.0 Å². The molecule has 4 atom stereocenters.